The van der Waals surface area contributed by atoms with E-state index in [0.29, 0.717) is 12.3 Å². The van der Waals surface area contributed by atoms with Crippen LogP contribution in [0.1, 0.15) is 99.3 Å². The Labute approximate surface area is 196 Å². The standard InChI is InChI=1S/C29H48O3/c1-7-19(17(2)3)9-8-18(4)22-10-11-23-27-24(12-13-28(22,23)5)29(6)20(15-25(27)31)14-21(30)16-26(29)32/h15,17-19,21-25,27,30-31H,7-14,16H2,1-6H3. The molecule has 0 aromatic heterocycles. The Kier molecular flexibility index (Phi) is 6.75. The molecule has 0 radical (unpaired) electrons. The van der Waals surface area contributed by atoms with Gasteiger partial charge in [0.25, 0.3) is 0 Å². The van der Waals surface area contributed by atoms with Crippen LogP contribution in [0.5, 0.6) is 0 Å². The lowest BCUT2D eigenvalue weighted by atomic mass is 9.46. The Morgan fingerprint density at radius 3 is 2.41 bits per heavy atom. The highest BCUT2D eigenvalue weighted by Gasteiger charge is 2.62. The highest BCUT2D eigenvalue weighted by atomic mass is 16.3. The number of hydrogen-bond donors (Lipinski definition) is 2. The lowest BCUT2D eigenvalue weighted by Gasteiger charge is -2.58. The van der Waals surface area contributed by atoms with Crippen molar-refractivity contribution in [2.24, 2.45) is 52.3 Å². The van der Waals surface area contributed by atoms with E-state index in [2.05, 4.69) is 41.5 Å². The van der Waals surface area contributed by atoms with Crippen LogP contribution in [0.4, 0.5) is 0 Å². The van der Waals surface area contributed by atoms with E-state index >= 15 is 0 Å². The molecule has 182 valence electrons. The predicted octanol–water partition coefficient (Wildman–Crippen LogP) is 6.17. The molecular weight excluding hydrogens is 396 g/mol. The third-order valence-electron chi connectivity index (χ3n) is 11.2. The van der Waals surface area contributed by atoms with Crippen LogP contribution < -0.4 is 0 Å². The molecule has 2 N–H and O–H groups in total. The summed E-state index contributed by atoms with van der Waals surface area (Å²) in [4.78, 5) is 13.2. The average molecular weight is 445 g/mol. The Morgan fingerprint density at radius 2 is 1.75 bits per heavy atom. The fraction of sp³-hybridized carbons (Fsp3) is 0.897. The van der Waals surface area contributed by atoms with Gasteiger partial charge in [-0.15, -0.1) is 0 Å². The van der Waals surface area contributed by atoms with Crippen LogP contribution in [0.2, 0.25) is 0 Å². The van der Waals surface area contributed by atoms with Gasteiger partial charge in [-0.1, -0.05) is 59.1 Å². The van der Waals surface area contributed by atoms with Crippen LogP contribution in [0.3, 0.4) is 0 Å². The zero-order chi connectivity index (χ0) is 23.4. The van der Waals surface area contributed by atoms with Gasteiger partial charge in [-0.3, -0.25) is 4.79 Å². The Balaban J connectivity index is 1.55. The lowest BCUT2D eigenvalue weighted by Crippen LogP contribution is -2.57. The molecule has 3 fully saturated rings. The smallest absolute Gasteiger partial charge is 0.145 e. The fourth-order valence-electron chi connectivity index (χ4n) is 9.15. The van der Waals surface area contributed by atoms with Crippen molar-refractivity contribution in [3.63, 3.8) is 0 Å². The molecule has 0 spiro atoms. The van der Waals surface area contributed by atoms with Gasteiger partial charge in [0, 0.05) is 6.42 Å². The van der Waals surface area contributed by atoms with E-state index in [1.54, 1.807) is 0 Å². The average Bonchev–Trinajstić information content (AvgIpc) is 3.07. The van der Waals surface area contributed by atoms with Crippen LogP contribution in [-0.2, 0) is 4.79 Å². The maximum absolute atomic E-state index is 13.2. The monoisotopic (exact) mass is 444 g/mol. The zero-order valence-corrected chi connectivity index (χ0v) is 21.4. The topological polar surface area (TPSA) is 57.5 Å². The summed E-state index contributed by atoms with van der Waals surface area (Å²) in [7, 11) is 0. The summed E-state index contributed by atoms with van der Waals surface area (Å²) in [5.74, 6) is 4.18. The van der Waals surface area contributed by atoms with Gasteiger partial charge in [-0.2, -0.15) is 0 Å². The molecule has 3 nitrogen and oxygen atoms in total. The first-order valence-electron chi connectivity index (χ1n) is 13.6. The molecule has 0 bridgehead atoms. The Hall–Kier alpha value is -0.670. The number of Topliss-reactive ketones (excluding diaryl/α,β-unsaturated/α-hetero) is 1. The van der Waals surface area contributed by atoms with Gasteiger partial charge in [0.1, 0.15) is 5.78 Å². The number of fused-ring (bicyclic) bond motifs is 5. The molecule has 4 aliphatic rings. The summed E-state index contributed by atoms with van der Waals surface area (Å²) in [6, 6.07) is 0. The van der Waals surface area contributed by atoms with Crippen molar-refractivity contribution in [1.29, 1.82) is 0 Å². The van der Waals surface area contributed by atoms with Crippen molar-refractivity contribution in [2.75, 3.05) is 0 Å². The maximum Gasteiger partial charge on any atom is 0.145 e. The molecule has 0 heterocycles. The van der Waals surface area contributed by atoms with Crippen molar-refractivity contribution < 1.29 is 15.0 Å². The highest BCUT2D eigenvalue weighted by Crippen LogP contribution is 2.66. The SMILES string of the molecule is CCC(CCC(C)C1CCC2C3C(O)C=C4CC(O)CC(=O)C4(C)C3CCC12C)C(C)C. The molecule has 3 saturated carbocycles. The first kappa shape index (κ1) is 24.5. The minimum atomic E-state index is -0.575. The van der Waals surface area contributed by atoms with E-state index < -0.39 is 17.6 Å². The summed E-state index contributed by atoms with van der Waals surface area (Å²) in [6.45, 7) is 14.2. The van der Waals surface area contributed by atoms with Crippen LogP contribution in [0, 0.1) is 52.3 Å². The molecule has 3 heteroatoms. The molecule has 32 heavy (non-hydrogen) atoms. The quantitative estimate of drug-likeness (QED) is 0.481. The van der Waals surface area contributed by atoms with Crippen LogP contribution in [-0.4, -0.2) is 28.2 Å². The van der Waals surface area contributed by atoms with E-state index in [1.807, 2.05) is 6.08 Å². The van der Waals surface area contributed by atoms with Gasteiger partial charge in [-0.25, -0.2) is 0 Å². The van der Waals surface area contributed by atoms with Crippen LogP contribution in [0.25, 0.3) is 0 Å². The van der Waals surface area contributed by atoms with Gasteiger partial charge in [0.05, 0.1) is 17.6 Å². The molecule has 10 unspecified atom stereocenters. The van der Waals surface area contributed by atoms with Crippen molar-refractivity contribution in [3.8, 4) is 0 Å². The molecule has 0 aromatic rings. The van der Waals surface area contributed by atoms with Crippen LogP contribution >= 0.6 is 0 Å². The number of aliphatic hydroxyl groups excluding tert-OH is 2. The highest BCUT2D eigenvalue weighted by molar-refractivity contribution is 5.90. The summed E-state index contributed by atoms with van der Waals surface area (Å²) in [5, 5.41) is 21.5. The van der Waals surface area contributed by atoms with Gasteiger partial charge in [0.15, 0.2) is 0 Å². The molecule has 4 aliphatic carbocycles. The van der Waals surface area contributed by atoms with E-state index in [9.17, 15) is 15.0 Å². The van der Waals surface area contributed by atoms with Crippen LogP contribution in [0.15, 0.2) is 11.6 Å². The second-order valence-electron chi connectivity index (χ2n) is 12.9. The van der Waals surface area contributed by atoms with Crippen molar-refractivity contribution in [2.45, 2.75) is 112 Å². The third-order valence-corrected chi connectivity index (χ3v) is 11.2. The number of carbonyl (C=O) groups is 1. The number of carbonyl (C=O) groups excluding carboxylic acids is 1. The van der Waals surface area contributed by atoms with E-state index in [1.165, 1.54) is 38.5 Å². The van der Waals surface area contributed by atoms with Crippen molar-refractivity contribution in [3.05, 3.63) is 11.6 Å². The zero-order valence-electron chi connectivity index (χ0n) is 21.4. The maximum atomic E-state index is 13.2. The molecule has 0 saturated heterocycles. The summed E-state index contributed by atoms with van der Waals surface area (Å²) >= 11 is 0. The molecule has 0 aliphatic heterocycles. The van der Waals surface area contributed by atoms with Gasteiger partial charge in [0.2, 0.25) is 0 Å². The summed E-state index contributed by atoms with van der Waals surface area (Å²) in [6.07, 6.45) is 10.4. The van der Waals surface area contributed by atoms with E-state index in [-0.39, 0.29) is 29.5 Å². The summed E-state index contributed by atoms with van der Waals surface area (Å²) in [5.41, 5.74) is 0.820. The molecular formula is C29H48O3. The third kappa shape index (κ3) is 3.74. The molecule has 0 aromatic carbocycles. The number of ketones is 1. The molecule has 4 rings (SSSR count). The second kappa shape index (κ2) is 8.84. The first-order chi connectivity index (χ1) is 15.0. The number of aliphatic hydroxyl groups is 2. The minimum Gasteiger partial charge on any atom is -0.392 e. The normalized spacial score (nSPS) is 45.7. The summed E-state index contributed by atoms with van der Waals surface area (Å²) < 4.78 is 0. The van der Waals surface area contributed by atoms with Crippen molar-refractivity contribution in [1.82, 2.24) is 0 Å². The van der Waals surface area contributed by atoms with Gasteiger partial charge >= 0.3 is 0 Å². The largest absolute Gasteiger partial charge is 0.392 e. The van der Waals surface area contributed by atoms with E-state index in [4.69, 9.17) is 0 Å². The van der Waals surface area contributed by atoms with Crippen molar-refractivity contribution >= 4 is 5.78 Å². The van der Waals surface area contributed by atoms with E-state index in [0.717, 1.165) is 35.7 Å². The predicted molar refractivity (Wildman–Crippen MR) is 130 cm³/mol. The molecule has 0 amide bonds. The lowest BCUT2D eigenvalue weighted by molar-refractivity contribution is -0.145. The van der Waals surface area contributed by atoms with Gasteiger partial charge < -0.3 is 10.2 Å². The number of hydrogen-bond acceptors (Lipinski definition) is 3. The first-order valence-corrected chi connectivity index (χ1v) is 13.6. The van der Waals surface area contributed by atoms with Gasteiger partial charge in [-0.05, 0) is 92.3 Å². The Morgan fingerprint density at radius 1 is 1.03 bits per heavy atom. The number of rotatable bonds is 6. The second-order valence-corrected chi connectivity index (χ2v) is 12.9. The Bertz CT molecular complexity index is 741. The molecule has 10 atom stereocenters. The minimum absolute atomic E-state index is 0.193. The fourth-order valence-corrected chi connectivity index (χ4v) is 9.15.